The third-order valence-corrected chi connectivity index (χ3v) is 3.83. The predicted octanol–water partition coefficient (Wildman–Crippen LogP) is 1.59. The molecule has 4 nitrogen and oxygen atoms in total. The predicted molar refractivity (Wildman–Crippen MR) is 65.2 cm³/mol. The lowest BCUT2D eigenvalue weighted by Crippen LogP contribution is -2.27. The lowest BCUT2D eigenvalue weighted by molar-refractivity contribution is -0.137. The third kappa shape index (κ3) is 4.81. The first kappa shape index (κ1) is 15.9. The van der Waals surface area contributed by atoms with Crippen LogP contribution in [0, 0.1) is 0 Å². The minimum atomic E-state index is -4.56. The van der Waals surface area contributed by atoms with Crippen molar-refractivity contribution in [3.63, 3.8) is 0 Å². The van der Waals surface area contributed by atoms with E-state index in [4.69, 9.17) is 0 Å². The Bertz CT molecular complexity index is 515. The van der Waals surface area contributed by atoms with Crippen LogP contribution in [0.3, 0.4) is 0 Å². The van der Waals surface area contributed by atoms with Crippen molar-refractivity contribution in [3.8, 4) is 0 Å². The number of benzene rings is 1. The number of alkyl halides is 3. The second kappa shape index (κ2) is 6.36. The summed E-state index contributed by atoms with van der Waals surface area (Å²) in [7, 11) is -2.18. The van der Waals surface area contributed by atoms with E-state index in [-0.39, 0.29) is 11.4 Å². The van der Waals surface area contributed by atoms with E-state index in [9.17, 15) is 21.6 Å². The van der Waals surface area contributed by atoms with Crippen LogP contribution in [0.15, 0.2) is 29.2 Å². The van der Waals surface area contributed by atoms with Crippen molar-refractivity contribution < 1.29 is 21.6 Å². The highest BCUT2D eigenvalue weighted by Crippen LogP contribution is 2.30. The van der Waals surface area contributed by atoms with E-state index in [0.29, 0.717) is 19.0 Å². The van der Waals surface area contributed by atoms with Crippen molar-refractivity contribution in [1.29, 1.82) is 0 Å². The number of sulfonamides is 1. The standard InChI is InChI=1S/C11H15F3N2O2S/c1-15-6-3-7-16-19(17,18)10-5-2-4-9(8-10)11(12,13)14/h2,4-5,8,15-16H,3,6-7H2,1H3. The number of hydrogen-bond acceptors (Lipinski definition) is 3. The van der Waals surface area contributed by atoms with Gasteiger partial charge in [-0.05, 0) is 38.2 Å². The highest BCUT2D eigenvalue weighted by Gasteiger charge is 2.31. The lowest BCUT2D eigenvalue weighted by Gasteiger charge is -2.10. The lowest BCUT2D eigenvalue weighted by atomic mass is 10.2. The van der Waals surface area contributed by atoms with Gasteiger partial charge in [0.05, 0.1) is 10.5 Å². The molecular formula is C11H15F3N2O2S. The molecule has 2 N–H and O–H groups in total. The van der Waals surface area contributed by atoms with Gasteiger partial charge in [-0.25, -0.2) is 13.1 Å². The molecule has 0 aliphatic rings. The number of halogens is 3. The monoisotopic (exact) mass is 296 g/mol. The van der Waals surface area contributed by atoms with E-state index < -0.39 is 21.8 Å². The van der Waals surface area contributed by atoms with E-state index in [1.807, 2.05) is 0 Å². The van der Waals surface area contributed by atoms with E-state index in [1.165, 1.54) is 0 Å². The molecule has 0 aliphatic heterocycles. The Morgan fingerprint density at radius 3 is 2.47 bits per heavy atom. The van der Waals surface area contributed by atoms with Crippen LogP contribution >= 0.6 is 0 Å². The first-order valence-electron chi connectivity index (χ1n) is 5.59. The summed E-state index contributed by atoms with van der Waals surface area (Å²) in [6, 6.07) is 3.67. The summed E-state index contributed by atoms with van der Waals surface area (Å²) < 4.78 is 63.3. The quantitative estimate of drug-likeness (QED) is 0.784. The average molecular weight is 296 g/mol. The minimum Gasteiger partial charge on any atom is -0.320 e. The fourth-order valence-corrected chi connectivity index (χ4v) is 2.51. The van der Waals surface area contributed by atoms with Crippen LogP contribution < -0.4 is 10.0 Å². The molecule has 0 fully saturated rings. The Morgan fingerprint density at radius 1 is 1.21 bits per heavy atom. The van der Waals surface area contributed by atoms with Crippen LogP contribution in [-0.2, 0) is 16.2 Å². The molecule has 0 unspecified atom stereocenters. The first-order chi connectivity index (χ1) is 8.77. The van der Waals surface area contributed by atoms with Crippen LogP contribution in [0.5, 0.6) is 0 Å². The summed E-state index contributed by atoms with van der Waals surface area (Å²) >= 11 is 0. The molecule has 0 aliphatic carbocycles. The molecule has 0 saturated carbocycles. The maximum Gasteiger partial charge on any atom is 0.416 e. The van der Waals surface area contributed by atoms with Crippen molar-refractivity contribution in [2.75, 3.05) is 20.1 Å². The van der Waals surface area contributed by atoms with E-state index in [0.717, 1.165) is 18.2 Å². The summed E-state index contributed by atoms with van der Waals surface area (Å²) in [5.74, 6) is 0. The summed E-state index contributed by atoms with van der Waals surface area (Å²) in [6.07, 6.45) is -4.01. The number of nitrogens with one attached hydrogen (secondary N) is 2. The molecule has 1 rings (SSSR count). The zero-order valence-corrected chi connectivity index (χ0v) is 11.1. The second-order valence-electron chi connectivity index (χ2n) is 3.88. The van der Waals surface area contributed by atoms with Crippen LogP contribution in [0.4, 0.5) is 13.2 Å². The van der Waals surface area contributed by atoms with Crippen molar-refractivity contribution in [2.45, 2.75) is 17.5 Å². The molecule has 0 saturated heterocycles. The van der Waals surface area contributed by atoms with E-state index in [1.54, 1.807) is 7.05 Å². The summed E-state index contributed by atoms with van der Waals surface area (Å²) in [5.41, 5.74) is -0.981. The van der Waals surface area contributed by atoms with Gasteiger partial charge in [0.15, 0.2) is 0 Å². The van der Waals surface area contributed by atoms with Gasteiger partial charge in [-0.15, -0.1) is 0 Å². The second-order valence-corrected chi connectivity index (χ2v) is 5.65. The van der Waals surface area contributed by atoms with Crippen molar-refractivity contribution in [3.05, 3.63) is 29.8 Å². The van der Waals surface area contributed by atoms with Gasteiger partial charge in [0.25, 0.3) is 0 Å². The molecular weight excluding hydrogens is 281 g/mol. The van der Waals surface area contributed by atoms with Gasteiger partial charge in [0, 0.05) is 6.54 Å². The normalized spacial score (nSPS) is 12.6. The van der Waals surface area contributed by atoms with Crippen molar-refractivity contribution in [2.24, 2.45) is 0 Å². The zero-order valence-electron chi connectivity index (χ0n) is 10.3. The van der Waals surface area contributed by atoms with Gasteiger partial charge < -0.3 is 5.32 Å². The van der Waals surface area contributed by atoms with Gasteiger partial charge in [0.2, 0.25) is 10.0 Å². The molecule has 1 aromatic rings. The molecule has 0 amide bonds. The van der Waals surface area contributed by atoms with Gasteiger partial charge in [0.1, 0.15) is 0 Å². The number of hydrogen-bond donors (Lipinski definition) is 2. The molecule has 19 heavy (non-hydrogen) atoms. The first-order valence-corrected chi connectivity index (χ1v) is 7.07. The van der Waals surface area contributed by atoms with Crippen LogP contribution in [0.1, 0.15) is 12.0 Å². The zero-order chi connectivity index (χ0) is 14.5. The Balaban J connectivity index is 2.84. The molecule has 0 heterocycles. The topological polar surface area (TPSA) is 58.2 Å². The molecule has 0 atom stereocenters. The SMILES string of the molecule is CNCCCNS(=O)(=O)c1cccc(C(F)(F)F)c1. The number of rotatable bonds is 6. The van der Waals surface area contributed by atoms with Gasteiger partial charge in [-0.2, -0.15) is 13.2 Å². The molecule has 0 radical (unpaired) electrons. The van der Waals surface area contributed by atoms with E-state index >= 15 is 0 Å². The highest BCUT2D eigenvalue weighted by molar-refractivity contribution is 7.89. The fourth-order valence-electron chi connectivity index (χ4n) is 1.39. The maximum absolute atomic E-state index is 12.5. The average Bonchev–Trinajstić information content (AvgIpc) is 2.34. The van der Waals surface area contributed by atoms with Crippen LogP contribution in [0.2, 0.25) is 0 Å². The summed E-state index contributed by atoms with van der Waals surface area (Å²) in [4.78, 5) is -0.383. The largest absolute Gasteiger partial charge is 0.416 e. The Hall–Kier alpha value is -1.12. The molecule has 108 valence electrons. The Morgan fingerprint density at radius 2 is 1.89 bits per heavy atom. The summed E-state index contributed by atoms with van der Waals surface area (Å²) in [6.45, 7) is 0.782. The molecule has 0 aromatic heterocycles. The van der Waals surface area contributed by atoms with Crippen LogP contribution in [-0.4, -0.2) is 28.6 Å². The van der Waals surface area contributed by atoms with Gasteiger partial charge >= 0.3 is 6.18 Å². The minimum absolute atomic E-state index is 0.166. The maximum atomic E-state index is 12.5. The Labute approximate surface area is 110 Å². The van der Waals surface area contributed by atoms with E-state index in [2.05, 4.69) is 10.0 Å². The fraction of sp³-hybridized carbons (Fsp3) is 0.455. The summed E-state index contributed by atoms with van der Waals surface area (Å²) in [5, 5.41) is 2.84. The van der Waals surface area contributed by atoms with Crippen molar-refractivity contribution in [1.82, 2.24) is 10.0 Å². The smallest absolute Gasteiger partial charge is 0.320 e. The molecule has 8 heteroatoms. The molecule has 0 spiro atoms. The third-order valence-electron chi connectivity index (χ3n) is 2.37. The highest BCUT2D eigenvalue weighted by atomic mass is 32.2. The van der Waals surface area contributed by atoms with Gasteiger partial charge in [-0.1, -0.05) is 6.07 Å². The van der Waals surface area contributed by atoms with Crippen molar-refractivity contribution >= 4 is 10.0 Å². The molecule has 1 aromatic carbocycles. The molecule has 0 bridgehead atoms. The van der Waals surface area contributed by atoms with Gasteiger partial charge in [-0.3, -0.25) is 0 Å². The van der Waals surface area contributed by atoms with Crippen LogP contribution in [0.25, 0.3) is 0 Å². The Kier molecular flexibility index (Phi) is 5.33.